The number of hydrogen-bond acceptors (Lipinski definition) is 3. The Morgan fingerprint density at radius 3 is 2.93 bits per heavy atom. The van der Waals surface area contributed by atoms with Gasteiger partial charge in [-0.2, -0.15) is 11.8 Å². The molecule has 1 saturated carbocycles. The van der Waals surface area contributed by atoms with E-state index in [1.54, 1.807) is 0 Å². The van der Waals surface area contributed by atoms with Crippen LogP contribution in [0.5, 0.6) is 0 Å². The van der Waals surface area contributed by atoms with E-state index in [2.05, 4.69) is 24.0 Å². The van der Waals surface area contributed by atoms with E-state index < -0.39 is 0 Å². The first-order chi connectivity index (χ1) is 7.26. The lowest BCUT2D eigenvalue weighted by Gasteiger charge is -2.39. The standard InChI is InChI=1S/C12H25NOS/c1-3-4-8-15-11-6-5-7-12(9-11,10-14)13-2/h11,13-14H,3-10H2,1-2H3. The Morgan fingerprint density at radius 2 is 2.33 bits per heavy atom. The Labute approximate surface area is 98.2 Å². The highest BCUT2D eigenvalue weighted by Crippen LogP contribution is 2.34. The van der Waals surface area contributed by atoms with Crippen molar-refractivity contribution in [2.75, 3.05) is 19.4 Å². The molecule has 1 fully saturated rings. The van der Waals surface area contributed by atoms with Gasteiger partial charge in [0.05, 0.1) is 6.61 Å². The van der Waals surface area contributed by atoms with E-state index in [0.29, 0.717) is 0 Å². The molecule has 2 atom stereocenters. The average molecular weight is 231 g/mol. The second-order valence-corrected chi connectivity index (χ2v) is 6.04. The number of hydrogen-bond donors (Lipinski definition) is 2. The Morgan fingerprint density at radius 1 is 1.53 bits per heavy atom. The second-order valence-electron chi connectivity index (χ2n) is 4.63. The minimum Gasteiger partial charge on any atom is -0.394 e. The van der Waals surface area contributed by atoms with Gasteiger partial charge in [0.25, 0.3) is 0 Å². The van der Waals surface area contributed by atoms with Crippen LogP contribution in [0.1, 0.15) is 45.4 Å². The molecule has 0 heterocycles. The van der Waals surface area contributed by atoms with Gasteiger partial charge in [-0.15, -0.1) is 0 Å². The Kier molecular flexibility index (Phi) is 6.02. The van der Waals surface area contributed by atoms with Crippen LogP contribution in [0.2, 0.25) is 0 Å². The molecule has 1 aliphatic carbocycles. The van der Waals surface area contributed by atoms with Crippen molar-refractivity contribution in [3.05, 3.63) is 0 Å². The van der Waals surface area contributed by atoms with Gasteiger partial charge in [0.2, 0.25) is 0 Å². The molecule has 0 aromatic heterocycles. The Balaban J connectivity index is 2.34. The molecule has 2 unspecified atom stereocenters. The van der Waals surface area contributed by atoms with Crippen LogP contribution >= 0.6 is 11.8 Å². The number of rotatable bonds is 6. The molecular formula is C12H25NOS. The summed E-state index contributed by atoms with van der Waals surface area (Å²) in [6, 6.07) is 0. The molecule has 90 valence electrons. The SMILES string of the molecule is CCCCSC1CCCC(CO)(NC)C1. The van der Waals surface area contributed by atoms with Gasteiger partial charge in [-0.25, -0.2) is 0 Å². The maximum absolute atomic E-state index is 9.46. The van der Waals surface area contributed by atoms with Gasteiger partial charge in [0.1, 0.15) is 0 Å². The fraction of sp³-hybridized carbons (Fsp3) is 1.00. The lowest BCUT2D eigenvalue weighted by Crippen LogP contribution is -2.50. The van der Waals surface area contributed by atoms with Crippen molar-refractivity contribution in [3.63, 3.8) is 0 Å². The van der Waals surface area contributed by atoms with Crippen molar-refractivity contribution >= 4 is 11.8 Å². The molecule has 0 aliphatic heterocycles. The largest absolute Gasteiger partial charge is 0.394 e. The van der Waals surface area contributed by atoms with Crippen LogP contribution in [0.15, 0.2) is 0 Å². The fourth-order valence-electron chi connectivity index (χ4n) is 2.29. The van der Waals surface area contributed by atoms with Gasteiger partial charge < -0.3 is 10.4 Å². The zero-order valence-corrected chi connectivity index (χ0v) is 10.9. The normalized spacial score (nSPS) is 31.8. The number of likely N-dealkylation sites (N-methyl/N-ethyl adjacent to an activating group) is 1. The third kappa shape index (κ3) is 3.97. The first-order valence-corrected chi connectivity index (χ1v) is 7.22. The van der Waals surface area contributed by atoms with Crippen molar-refractivity contribution in [3.8, 4) is 0 Å². The number of thioether (sulfide) groups is 1. The van der Waals surface area contributed by atoms with Crippen molar-refractivity contribution in [1.29, 1.82) is 0 Å². The number of aliphatic hydroxyl groups is 1. The summed E-state index contributed by atoms with van der Waals surface area (Å²) < 4.78 is 0. The summed E-state index contributed by atoms with van der Waals surface area (Å²) in [5.41, 5.74) is 0.0160. The van der Waals surface area contributed by atoms with E-state index in [4.69, 9.17) is 0 Å². The van der Waals surface area contributed by atoms with E-state index >= 15 is 0 Å². The highest BCUT2D eigenvalue weighted by molar-refractivity contribution is 7.99. The molecule has 0 amide bonds. The van der Waals surface area contributed by atoms with Gasteiger partial charge in [0, 0.05) is 10.8 Å². The maximum atomic E-state index is 9.46. The van der Waals surface area contributed by atoms with Gasteiger partial charge in [-0.1, -0.05) is 19.8 Å². The van der Waals surface area contributed by atoms with Crippen LogP contribution in [0, 0.1) is 0 Å². The maximum Gasteiger partial charge on any atom is 0.0613 e. The monoisotopic (exact) mass is 231 g/mol. The zero-order chi connectivity index (χ0) is 11.1. The first-order valence-electron chi connectivity index (χ1n) is 6.17. The summed E-state index contributed by atoms with van der Waals surface area (Å²) >= 11 is 2.10. The predicted molar refractivity (Wildman–Crippen MR) is 68.5 cm³/mol. The first kappa shape index (κ1) is 13.3. The molecule has 0 spiro atoms. The van der Waals surface area contributed by atoms with Crippen LogP contribution in [0.4, 0.5) is 0 Å². The topological polar surface area (TPSA) is 32.3 Å². The van der Waals surface area contributed by atoms with Crippen LogP contribution < -0.4 is 5.32 Å². The molecule has 0 radical (unpaired) electrons. The average Bonchev–Trinajstić information content (AvgIpc) is 2.30. The summed E-state index contributed by atoms with van der Waals surface area (Å²) in [5, 5.41) is 13.5. The quantitative estimate of drug-likeness (QED) is 0.689. The summed E-state index contributed by atoms with van der Waals surface area (Å²) in [6.07, 6.45) is 7.46. The third-order valence-corrected chi connectivity index (χ3v) is 4.88. The minimum atomic E-state index is 0.0160. The zero-order valence-electron chi connectivity index (χ0n) is 10.1. The fourth-order valence-corrected chi connectivity index (χ4v) is 3.85. The highest BCUT2D eigenvalue weighted by Gasteiger charge is 2.34. The number of nitrogens with one attached hydrogen (secondary N) is 1. The lowest BCUT2D eigenvalue weighted by atomic mass is 9.82. The summed E-state index contributed by atoms with van der Waals surface area (Å²) in [5.74, 6) is 1.28. The Bertz CT molecular complexity index is 171. The van der Waals surface area contributed by atoms with Gasteiger partial charge in [-0.3, -0.25) is 0 Å². The van der Waals surface area contributed by atoms with Crippen molar-refractivity contribution in [1.82, 2.24) is 5.32 Å². The van der Waals surface area contributed by atoms with Crippen molar-refractivity contribution < 1.29 is 5.11 Å². The van der Waals surface area contributed by atoms with Crippen LogP contribution in [-0.2, 0) is 0 Å². The number of unbranched alkanes of at least 4 members (excludes halogenated alkanes) is 1. The molecule has 2 N–H and O–H groups in total. The van der Waals surface area contributed by atoms with E-state index in [1.165, 1.54) is 31.4 Å². The smallest absolute Gasteiger partial charge is 0.0613 e. The molecule has 0 saturated heterocycles. The van der Waals surface area contributed by atoms with E-state index in [-0.39, 0.29) is 12.1 Å². The molecule has 2 nitrogen and oxygen atoms in total. The van der Waals surface area contributed by atoms with Gasteiger partial charge in [0.15, 0.2) is 0 Å². The summed E-state index contributed by atoms with van der Waals surface area (Å²) in [6.45, 7) is 2.53. The van der Waals surface area contributed by atoms with E-state index in [0.717, 1.165) is 18.1 Å². The predicted octanol–water partition coefficient (Wildman–Crippen LogP) is 2.41. The summed E-state index contributed by atoms with van der Waals surface area (Å²) in [7, 11) is 1.98. The number of aliphatic hydroxyl groups excluding tert-OH is 1. The molecule has 3 heteroatoms. The molecule has 1 aliphatic rings. The third-order valence-electron chi connectivity index (χ3n) is 3.48. The molecule has 0 aromatic rings. The molecule has 15 heavy (non-hydrogen) atoms. The van der Waals surface area contributed by atoms with Crippen LogP contribution in [0.25, 0.3) is 0 Å². The minimum absolute atomic E-state index is 0.0160. The molecule has 0 aromatic carbocycles. The van der Waals surface area contributed by atoms with E-state index in [1.807, 2.05) is 7.05 Å². The van der Waals surface area contributed by atoms with Gasteiger partial charge >= 0.3 is 0 Å². The molecular weight excluding hydrogens is 206 g/mol. The van der Waals surface area contributed by atoms with E-state index in [9.17, 15) is 5.11 Å². The second kappa shape index (κ2) is 6.77. The van der Waals surface area contributed by atoms with Crippen molar-refractivity contribution in [2.24, 2.45) is 0 Å². The summed E-state index contributed by atoms with van der Waals surface area (Å²) in [4.78, 5) is 0. The van der Waals surface area contributed by atoms with Crippen LogP contribution in [0.3, 0.4) is 0 Å². The van der Waals surface area contributed by atoms with Crippen molar-refractivity contribution in [2.45, 2.75) is 56.2 Å². The van der Waals surface area contributed by atoms with Crippen LogP contribution in [-0.4, -0.2) is 35.3 Å². The molecule has 1 rings (SSSR count). The lowest BCUT2D eigenvalue weighted by molar-refractivity contribution is 0.131. The highest BCUT2D eigenvalue weighted by atomic mass is 32.2. The Hall–Kier alpha value is 0.270. The van der Waals surface area contributed by atoms with Gasteiger partial charge in [-0.05, 0) is 38.5 Å². The molecule has 0 bridgehead atoms.